The van der Waals surface area contributed by atoms with Crippen LogP contribution >= 0.6 is 0 Å². The second-order valence-corrected chi connectivity index (χ2v) is 6.60. The SMILES string of the molecule is CC1CC(NCC2CCC2)CN(c2ccccc2F)C1. The number of piperidine rings is 1. The molecule has 1 aliphatic carbocycles. The van der Waals surface area contributed by atoms with E-state index in [0.717, 1.165) is 31.2 Å². The molecule has 1 N–H and O–H groups in total. The van der Waals surface area contributed by atoms with Crippen LogP contribution in [0.15, 0.2) is 24.3 Å². The van der Waals surface area contributed by atoms with E-state index in [1.807, 2.05) is 12.1 Å². The zero-order valence-corrected chi connectivity index (χ0v) is 12.3. The first-order chi connectivity index (χ1) is 9.72. The number of benzene rings is 1. The fraction of sp³-hybridized carbons (Fsp3) is 0.647. The molecule has 2 nitrogen and oxygen atoms in total. The smallest absolute Gasteiger partial charge is 0.146 e. The molecule has 110 valence electrons. The van der Waals surface area contributed by atoms with Crippen LogP contribution in [0.3, 0.4) is 0 Å². The summed E-state index contributed by atoms with van der Waals surface area (Å²) in [4.78, 5) is 2.21. The summed E-state index contributed by atoms with van der Waals surface area (Å²) in [7, 11) is 0. The predicted molar refractivity (Wildman–Crippen MR) is 81.5 cm³/mol. The molecule has 3 rings (SSSR count). The fourth-order valence-corrected chi connectivity index (χ4v) is 3.43. The van der Waals surface area contributed by atoms with E-state index in [4.69, 9.17) is 0 Å². The molecule has 1 aromatic carbocycles. The van der Waals surface area contributed by atoms with Crippen molar-refractivity contribution >= 4 is 5.69 Å². The minimum absolute atomic E-state index is 0.0978. The van der Waals surface area contributed by atoms with E-state index in [1.54, 1.807) is 12.1 Å². The summed E-state index contributed by atoms with van der Waals surface area (Å²) >= 11 is 0. The molecule has 1 aliphatic heterocycles. The Bertz CT molecular complexity index is 444. The molecule has 2 aliphatic rings. The Labute approximate surface area is 121 Å². The number of anilines is 1. The fourth-order valence-electron chi connectivity index (χ4n) is 3.43. The molecule has 0 bridgehead atoms. The normalized spacial score (nSPS) is 27.4. The van der Waals surface area contributed by atoms with Crippen molar-refractivity contribution in [3.63, 3.8) is 0 Å². The van der Waals surface area contributed by atoms with Gasteiger partial charge in [0.2, 0.25) is 0 Å². The van der Waals surface area contributed by atoms with Crippen molar-refractivity contribution in [1.82, 2.24) is 5.32 Å². The van der Waals surface area contributed by atoms with Gasteiger partial charge in [-0.3, -0.25) is 0 Å². The third kappa shape index (κ3) is 3.14. The monoisotopic (exact) mass is 276 g/mol. The van der Waals surface area contributed by atoms with Gasteiger partial charge in [0.25, 0.3) is 0 Å². The molecule has 0 spiro atoms. The lowest BCUT2D eigenvalue weighted by atomic mass is 9.85. The van der Waals surface area contributed by atoms with E-state index >= 15 is 0 Å². The third-order valence-electron chi connectivity index (χ3n) is 4.77. The molecular weight excluding hydrogens is 251 g/mol. The maximum Gasteiger partial charge on any atom is 0.146 e. The molecule has 20 heavy (non-hydrogen) atoms. The summed E-state index contributed by atoms with van der Waals surface area (Å²) in [5.74, 6) is 1.40. The highest BCUT2D eigenvalue weighted by molar-refractivity contribution is 5.48. The molecule has 0 radical (unpaired) electrons. The van der Waals surface area contributed by atoms with Gasteiger partial charge in [-0.05, 0) is 49.8 Å². The second kappa shape index (κ2) is 6.13. The minimum atomic E-state index is -0.0978. The molecule has 1 saturated heterocycles. The Kier molecular flexibility index (Phi) is 4.25. The van der Waals surface area contributed by atoms with Gasteiger partial charge in [0.1, 0.15) is 5.82 Å². The van der Waals surface area contributed by atoms with Crippen LogP contribution in [0.1, 0.15) is 32.6 Å². The van der Waals surface area contributed by atoms with Crippen LogP contribution in [-0.2, 0) is 0 Å². The van der Waals surface area contributed by atoms with E-state index in [9.17, 15) is 4.39 Å². The van der Waals surface area contributed by atoms with Crippen LogP contribution in [0.4, 0.5) is 10.1 Å². The van der Waals surface area contributed by atoms with Crippen LogP contribution in [-0.4, -0.2) is 25.7 Å². The van der Waals surface area contributed by atoms with Gasteiger partial charge in [-0.25, -0.2) is 4.39 Å². The summed E-state index contributed by atoms with van der Waals surface area (Å²) in [6.07, 6.45) is 5.37. The Morgan fingerprint density at radius 3 is 2.75 bits per heavy atom. The highest BCUT2D eigenvalue weighted by Crippen LogP contribution is 2.28. The average Bonchev–Trinajstić information content (AvgIpc) is 2.37. The highest BCUT2D eigenvalue weighted by atomic mass is 19.1. The van der Waals surface area contributed by atoms with Crippen LogP contribution in [0.25, 0.3) is 0 Å². The van der Waals surface area contributed by atoms with Crippen molar-refractivity contribution in [1.29, 1.82) is 0 Å². The molecule has 1 aromatic rings. The Balaban J connectivity index is 1.62. The largest absolute Gasteiger partial charge is 0.367 e. The molecule has 2 unspecified atom stereocenters. The second-order valence-electron chi connectivity index (χ2n) is 6.60. The van der Waals surface area contributed by atoms with Gasteiger partial charge in [0, 0.05) is 19.1 Å². The summed E-state index contributed by atoms with van der Waals surface area (Å²) in [5.41, 5.74) is 0.759. The maximum absolute atomic E-state index is 13.9. The van der Waals surface area contributed by atoms with Gasteiger partial charge >= 0.3 is 0 Å². The van der Waals surface area contributed by atoms with Crippen molar-refractivity contribution in [3.8, 4) is 0 Å². The predicted octanol–water partition coefficient (Wildman–Crippen LogP) is 3.43. The van der Waals surface area contributed by atoms with Crippen LogP contribution in [0, 0.1) is 17.7 Å². The molecular formula is C17H25FN2. The first-order valence-electron chi connectivity index (χ1n) is 7.95. The number of rotatable bonds is 4. The van der Waals surface area contributed by atoms with Gasteiger partial charge in [0.15, 0.2) is 0 Å². The van der Waals surface area contributed by atoms with E-state index in [2.05, 4.69) is 17.1 Å². The number of hydrogen-bond donors (Lipinski definition) is 1. The highest BCUT2D eigenvalue weighted by Gasteiger charge is 2.27. The van der Waals surface area contributed by atoms with Crippen molar-refractivity contribution in [2.24, 2.45) is 11.8 Å². The summed E-state index contributed by atoms with van der Waals surface area (Å²) in [6.45, 7) is 5.30. The third-order valence-corrected chi connectivity index (χ3v) is 4.77. The van der Waals surface area contributed by atoms with Crippen LogP contribution in [0.5, 0.6) is 0 Å². The van der Waals surface area contributed by atoms with Gasteiger partial charge in [-0.2, -0.15) is 0 Å². The first-order valence-corrected chi connectivity index (χ1v) is 7.95. The van der Waals surface area contributed by atoms with Gasteiger partial charge in [-0.1, -0.05) is 25.5 Å². The van der Waals surface area contributed by atoms with E-state index < -0.39 is 0 Å². The average molecular weight is 276 g/mol. The lowest BCUT2D eigenvalue weighted by Crippen LogP contribution is -2.50. The minimum Gasteiger partial charge on any atom is -0.367 e. The Hall–Kier alpha value is -1.09. The molecule has 2 fully saturated rings. The maximum atomic E-state index is 13.9. The number of nitrogens with zero attached hydrogens (tertiary/aromatic N) is 1. The standard InChI is InChI=1S/C17H25FN2/c1-13-9-15(19-10-14-5-4-6-14)12-20(11-13)17-8-3-2-7-16(17)18/h2-3,7-8,13-15,19H,4-6,9-12H2,1H3. The zero-order chi connectivity index (χ0) is 13.9. The van der Waals surface area contributed by atoms with Crippen molar-refractivity contribution < 1.29 is 4.39 Å². The number of para-hydroxylation sites is 1. The summed E-state index contributed by atoms with van der Waals surface area (Å²) in [6, 6.07) is 7.65. The van der Waals surface area contributed by atoms with Crippen molar-refractivity contribution in [3.05, 3.63) is 30.1 Å². The van der Waals surface area contributed by atoms with E-state index in [0.29, 0.717) is 12.0 Å². The Morgan fingerprint density at radius 2 is 2.05 bits per heavy atom. The number of halogens is 1. The molecule has 2 atom stereocenters. The molecule has 0 aromatic heterocycles. The van der Waals surface area contributed by atoms with Crippen molar-refractivity contribution in [2.75, 3.05) is 24.5 Å². The lowest BCUT2D eigenvalue weighted by molar-refractivity contribution is 0.267. The van der Waals surface area contributed by atoms with Crippen LogP contribution < -0.4 is 10.2 Å². The van der Waals surface area contributed by atoms with Gasteiger partial charge in [-0.15, -0.1) is 0 Å². The number of hydrogen-bond acceptors (Lipinski definition) is 2. The quantitative estimate of drug-likeness (QED) is 0.906. The van der Waals surface area contributed by atoms with E-state index in [-0.39, 0.29) is 5.82 Å². The van der Waals surface area contributed by atoms with E-state index in [1.165, 1.54) is 25.7 Å². The molecule has 0 amide bonds. The molecule has 3 heteroatoms. The molecule has 1 saturated carbocycles. The van der Waals surface area contributed by atoms with Gasteiger partial charge < -0.3 is 10.2 Å². The van der Waals surface area contributed by atoms with Gasteiger partial charge in [0.05, 0.1) is 5.69 Å². The Morgan fingerprint density at radius 1 is 1.25 bits per heavy atom. The first kappa shape index (κ1) is 13.9. The lowest BCUT2D eigenvalue weighted by Gasteiger charge is -2.39. The zero-order valence-electron chi connectivity index (χ0n) is 12.3. The topological polar surface area (TPSA) is 15.3 Å². The summed E-state index contributed by atoms with van der Waals surface area (Å²) < 4.78 is 13.9. The molecule has 1 heterocycles. The van der Waals surface area contributed by atoms with Crippen LogP contribution in [0.2, 0.25) is 0 Å². The van der Waals surface area contributed by atoms with Crippen molar-refractivity contribution in [2.45, 2.75) is 38.6 Å². The number of nitrogens with one attached hydrogen (secondary N) is 1. The summed E-state index contributed by atoms with van der Waals surface area (Å²) in [5, 5.41) is 3.71.